The van der Waals surface area contributed by atoms with Crippen molar-refractivity contribution in [1.29, 1.82) is 0 Å². The lowest BCUT2D eigenvalue weighted by Gasteiger charge is -2.13. The summed E-state index contributed by atoms with van der Waals surface area (Å²) < 4.78 is 1.93. The van der Waals surface area contributed by atoms with Gasteiger partial charge < -0.3 is 10.6 Å². The van der Waals surface area contributed by atoms with Crippen LogP contribution in [-0.2, 0) is 11.3 Å². The van der Waals surface area contributed by atoms with Gasteiger partial charge in [0, 0.05) is 30.6 Å². The first kappa shape index (κ1) is 18.6. The van der Waals surface area contributed by atoms with Crippen LogP contribution < -0.4 is 10.6 Å². The van der Waals surface area contributed by atoms with E-state index in [0.717, 1.165) is 41.8 Å². The zero-order valence-corrected chi connectivity index (χ0v) is 16.5. The van der Waals surface area contributed by atoms with Gasteiger partial charge in [-0.1, -0.05) is 29.8 Å². The number of nitrogens with one attached hydrogen (secondary N) is 2. The number of carbonyl (C=O) groups is 1. The van der Waals surface area contributed by atoms with E-state index in [1.54, 1.807) is 6.20 Å². The quantitative estimate of drug-likeness (QED) is 0.693. The third kappa shape index (κ3) is 3.78. The first-order valence-corrected chi connectivity index (χ1v) is 10.00. The summed E-state index contributed by atoms with van der Waals surface area (Å²) in [6.07, 6.45) is 2.90. The van der Waals surface area contributed by atoms with Gasteiger partial charge in [-0.15, -0.1) is 0 Å². The molecule has 4 rings (SSSR count). The van der Waals surface area contributed by atoms with Crippen molar-refractivity contribution in [2.24, 2.45) is 0 Å². The highest BCUT2D eigenvalue weighted by atomic mass is 16.1. The third-order valence-electron chi connectivity index (χ3n) is 5.58. The van der Waals surface area contributed by atoms with Crippen LogP contribution in [-0.4, -0.2) is 40.3 Å². The lowest BCUT2D eigenvalue weighted by molar-refractivity contribution is -0.122. The molecule has 28 heavy (non-hydrogen) atoms. The van der Waals surface area contributed by atoms with Gasteiger partial charge in [0.15, 0.2) is 5.65 Å². The highest BCUT2D eigenvalue weighted by molar-refractivity contribution is 5.83. The van der Waals surface area contributed by atoms with E-state index in [9.17, 15) is 4.79 Å². The average molecular weight is 377 g/mol. The number of benzene rings is 1. The normalized spacial score (nSPS) is 17.7. The van der Waals surface area contributed by atoms with E-state index in [1.165, 1.54) is 5.56 Å². The van der Waals surface area contributed by atoms with Crippen molar-refractivity contribution in [3.05, 3.63) is 59.4 Å². The largest absolute Gasteiger partial charge is 0.354 e. The molecule has 3 aromatic rings. The fourth-order valence-electron chi connectivity index (χ4n) is 3.82. The zero-order chi connectivity index (χ0) is 19.5. The Morgan fingerprint density at radius 1 is 1.32 bits per heavy atom. The van der Waals surface area contributed by atoms with Crippen LogP contribution in [0, 0.1) is 6.92 Å². The molecule has 0 saturated carbocycles. The molecule has 0 radical (unpaired) electrons. The molecule has 6 nitrogen and oxygen atoms in total. The molecule has 6 heteroatoms. The Bertz CT molecular complexity index is 957. The van der Waals surface area contributed by atoms with Crippen molar-refractivity contribution in [3.63, 3.8) is 0 Å². The standard InChI is InChI=1S/C22H27N5O/c1-15-5-7-17(8-6-15)16(2)22(28)25-12-13-27-21-19(4-3-10-24-21)20(26-27)18-9-11-23-14-18/h3-8,10,16,18,23H,9,11-14H2,1-2H3,(H,25,28)/t16-,18-/m0/s1. The highest BCUT2D eigenvalue weighted by Crippen LogP contribution is 2.27. The Labute approximate surface area is 165 Å². The molecule has 1 saturated heterocycles. The summed E-state index contributed by atoms with van der Waals surface area (Å²) in [6, 6.07) is 12.2. The van der Waals surface area contributed by atoms with Gasteiger partial charge in [-0.25, -0.2) is 9.67 Å². The number of aromatic nitrogens is 3. The molecule has 1 aliphatic heterocycles. The summed E-state index contributed by atoms with van der Waals surface area (Å²) in [7, 11) is 0. The molecule has 1 aromatic carbocycles. The SMILES string of the molecule is Cc1ccc([C@H](C)C(=O)NCCn2nc([C@H]3CCNC3)c3cccnc32)cc1. The van der Waals surface area contributed by atoms with Crippen molar-refractivity contribution in [2.45, 2.75) is 38.6 Å². The second-order valence-corrected chi connectivity index (χ2v) is 7.60. The van der Waals surface area contributed by atoms with E-state index in [-0.39, 0.29) is 11.8 Å². The van der Waals surface area contributed by atoms with E-state index < -0.39 is 0 Å². The number of hydrogen-bond acceptors (Lipinski definition) is 4. The highest BCUT2D eigenvalue weighted by Gasteiger charge is 2.23. The van der Waals surface area contributed by atoms with Crippen LogP contribution >= 0.6 is 0 Å². The molecule has 146 valence electrons. The monoisotopic (exact) mass is 377 g/mol. The fraction of sp³-hybridized carbons (Fsp3) is 0.409. The number of hydrogen-bond donors (Lipinski definition) is 2. The average Bonchev–Trinajstić information content (AvgIpc) is 3.36. The Hall–Kier alpha value is -2.73. The molecule has 1 amide bonds. The van der Waals surface area contributed by atoms with Gasteiger partial charge in [0.25, 0.3) is 0 Å². The van der Waals surface area contributed by atoms with E-state index in [1.807, 2.05) is 48.9 Å². The number of aryl methyl sites for hydroxylation is 1. The van der Waals surface area contributed by atoms with Crippen molar-refractivity contribution in [3.8, 4) is 0 Å². The van der Waals surface area contributed by atoms with Gasteiger partial charge in [-0.05, 0) is 44.5 Å². The first-order valence-electron chi connectivity index (χ1n) is 10.00. The Kier molecular flexibility index (Phi) is 5.39. The van der Waals surface area contributed by atoms with Crippen LogP contribution in [0.4, 0.5) is 0 Å². The summed E-state index contributed by atoms with van der Waals surface area (Å²) in [6.45, 7) is 7.13. The molecule has 2 N–H and O–H groups in total. The maximum absolute atomic E-state index is 12.5. The van der Waals surface area contributed by atoms with Crippen molar-refractivity contribution in [1.82, 2.24) is 25.4 Å². The van der Waals surface area contributed by atoms with Crippen molar-refractivity contribution in [2.75, 3.05) is 19.6 Å². The molecule has 0 aliphatic carbocycles. The number of pyridine rings is 1. The lowest BCUT2D eigenvalue weighted by Crippen LogP contribution is -2.31. The van der Waals surface area contributed by atoms with Crippen LogP contribution in [0.3, 0.4) is 0 Å². The van der Waals surface area contributed by atoms with Gasteiger partial charge >= 0.3 is 0 Å². The summed E-state index contributed by atoms with van der Waals surface area (Å²) in [5.41, 5.74) is 4.24. The predicted molar refractivity (Wildman–Crippen MR) is 110 cm³/mol. The molecule has 2 atom stereocenters. The number of amides is 1. The number of nitrogens with zero attached hydrogens (tertiary/aromatic N) is 3. The molecule has 2 aromatic heterocycles. The van der Waals surface area contributed by atoms with Gasteiger partial charge in [0.05, 0.1) is 18.2 Å². The van der Waals surface area contributed by atoms with Crippen LogP contribution in [0.2, 0.25) is 0 Å². The number of carbonyl (C=O) groups excluding carboxylic acids is 1. The minimum absolute atomic E-state index is 0.0356. The van der Waals surface area contributed by atoms with Gasteiger partial charge in [-0.3, -0.25) is 4.79 Å². The molecule has 0 spiro atoms. The smallest absolute Gasteiger partial charge is 0.227 e. The van der Waals surface area contributed by atoms with E-state index >= 15 is 0 Å². The predicted octanol–water partition coefficient (Wildman–Crippen LogP) is 2.74. The summed E-state index contributed by atoms with van der Waals surface area (Å²) in [5, 5.41) is 12.4. The third-order valence-corrected chi connectivity index (χ3v) is 5.58. The van der Waals surface area contributed by atoms with Gasteiger partial charge in [0.2, 0.25) is 5.91 Å². The van der Waals surface area contributed by atoms with Crippen molar-refractivity contribution >= 4 is 16.9 Å². The van der Waals surface area contributed by atoms with E-state index in [4.69, 9.17) is 5.10 Å². The molecule has 3 heterocycles. The zero-order valence-electron chi connectivity index (χ0n) is 16.5. The van der Waals surface area contributed by atoms with Crippen LogP contribution in [0.1, 0.15) is 42.0 Å². The van der Waals surface area contributed by atoms with Crippen LogP contribution in [0.15, 0.2) is 42.6 Å². The Balaban J connectivity index is 1.43. The summed E-state index contributed by atoms with van der Waals surface area (Å²) in [4.78, 5) is 17.1. The Morgan fingerprint density at radius 3 is 2.89 bits per heavy atom. The second-order valence-electron chi connectivity index (χ2n) is 7.60. The maximum Gasteiger partial charge on any atom is 0.227 e. The number of rotatable bonds is 6. The summed E-state index contributed by atoms with van der Waals surface area (Å²) in [5.74, 6) is 0.297. The minimum atomic E-state index is -0.173. The lowest BCUT2D eigenvalue weighted by atomic mass is 9.99. The second kappa shape index (κ2) is 8.10. The first-order chi connectivity index (χ1) is 13.6. The van der Waals surface area contributed by atoms with Crippen LogP contribution in [0.25, 0.3) is 11.0 Å². The molecular weight excluding hydrogens is 350 g/mol. The molecule has 1 fully saturated rings. The summed E-state index contributed by atoms with van der Waals surface area (Å²) >= 11 is 0. The van der Waals surface area contributed by atoms with E-state index in [0.29, 0.717) is 19.0 Å². The van der Waals surface area contributed by atoms with Crippen LogP contribution in [0.5, 0.6) is 0 Å². The molecule has 1 aliphatic rings. The Morgan fingerprint density at radius 2 is 2.14 bits per heavy atom. The maximum atomic E-state index is 12.5. The minimum Gasteiger partial charge on any atom is -0.354 e. The number of fused-ring (bicyclic) bond motifs is 1. The van der Waals surface area contributed by atoms with Gasteiger partial charge in [0.1, 0.15) is 0 Å². The molecular formula is C22H27N5O. The molecule has 0 unspecified atom stereocenters. The topological polar surface area (TPSA) is 71.8 Å². The van der Waals surface area contributed by atoms with E-state index in [2.05, 4.69) is 21.7 Å². The van der Waals surface area contributed by atoms with Crippen molar-refractivity contribution < 1.29 is 4.79 Å². The van der Waals surface area contributed by atoms with Gasteiger partial charge in [-0.2, -0.15) is 5.10 Å². The fourth-order valence-corrected chi connectivity index (χ4v) is 3.82. The molecule has 0 bridgehead atoms.